The second kappa shape index (κ2) is 41.6. The molecule has 3 aromatic rings. The molecule has 18 amide bonds. The lowest BCUT2D eigenvalue weighted by Gasteiger charge is -2.32. The molecule has 0 spiro atoms. The van der Waals surface area contributed by atoms with Crippen LogP contribution in [0.4, 0.5) is 20.1 Å². The number of H-pyrrole nitrogens is 1. The summed E-state index contributed by atoms with van der Waals surface area (Å²) >= 11 is 0.989. The summed E-state index contributed by atoms with van der Waals surface area (Å²) in [7, 11) is 2.72. The van der Waals surface area contributed by atoms with Gasteiger partial charge in [0.2, 0.25) is 70.9 Å². The predicted octanol–water partition coefficient (Wildman–Crippen LogP) is -1.77. The first kappa shape index (κ1) is 87.8. The number of para-hydroxylation sites is 1. The van der Waals surface area contributed by atoms with Gasteiger partial charge in [0.1, 0.15) is 61.0 Å². The number of amides is 18. The predicted molar refractivity (Wildman–Crippen MR) is 403 cm³/mol. The van der Waals surface area contributed by atoms with Crippen LogP contribution in [0.25, 0.3) is 10.9 Å². The second-order valence-electron chi connectivity index (χ2n) is 28.4. The fourth-order valence-corrected chi connectivity index (χ4v) is 13.7. The van der Waals surface area contributed by atoms with E-state index in [1.54, 1.807) is 64.1 Å². The summed E-state index contributed by atoms with van der Waals surface area (Å²) in [6.45, 7) is 7.34. The Morgan fingerprint density at radius 1 is 0.705 bits per heavy atom. The lowest BCUT2D eigenvalue weighted by atomic mass is 9.94. The van der Waals surface area contributed by atoms with Gasteiger partial charge in [-0.1, -0.05) is 77.8 Å². The first-order valence-electron chi connectivity index (χ1n) is 37.0. The van der Waals surface area contributed by atoms with E-state index in [0.717, 1.165) is 31.4 Å². The zero-order chi connectivity index (χ0) is 82.2. The number of nitrogens with zero attached hydrogens (tertiary/aromatic N) is 4. The van der Waals surface area contributed by atoms with Gasteiger partial charge in [-0.15, -0.1) is 11.8 Å². The number of fused-ring (bicyclic) bond motifs is 5. The summed E-state index contributed by atoms with van der Waals surface area (Å²) in [5.74, 6) is -13.6. The van der Waals surface area contributed by atoms with E-state index in [1.807, 2.05) is 0 Å². The molecule has 5 heterocycles. The number of carbonyl (C=O) groups is 17. The molecule has 1 aromatic heterocycles. The van der Waals surface area contributed by atoms with Gasteiger partial charge >= 0.3 is 18.2 Å². The lowest BCUT2D eigenvalue weighted by Crippen LogP contribution is -2.61. The van der Waals surface area contributed by atoms with Gasteiger partial charge < -0.3 is 104 Å². The van der Waals surface area contributed by atoms with Gasteiger partial charge in [-0.3, -0.25) is 72.0 Å². The summed E-state index contributed by atoms with van der Waals surface area (Å²) < 4.78 is 11.4. The molecular weight excluding hydrogens is 1480 g/mol. The van der Waals surface area contributed by atoms with E-state index in [4.69, 9.17) is 20.9 Å². The molecular formula is C73H102N18O20S. The number of imide groups is 1. The van der Waals surface area contributed by atoms with Crippen LogP contribution < -0.4 is 70.0 Å². The average Bonchev–Trinajstić information content (AvgIpc) is 1.64. The number of carbonyl (C=O) groups excluding carboxylic acids is 17. The first-order valence-corrected chi connectivity index (χ1v) is 38.0. The molecule has 2 aromatic carbocycles. The van der Waals surface area contributed by atoms with E-state index in [2.05, 4.69) is 63.5 Å². The van der Waals surface area contributed by atoms with Crippen molar-refractivity contribution >= 4 is 129 Å². The Morgan fingerprint density at radius 2 is 1.37 bits per heavy atom. The fourth-order valence-electron chi connectivity index (χ4n) is 12.6. The van der Waals surface area contributed by atoms with Crippen LogP contribution in [0.2, 0.25) is 0 Å². The van der Waals surface area contributed by atoms with Crippen LogP contribution in [-0.2, 0) is 89.6 Å². The van der Waals surface area contributed by atoms with Gasteiger partial charge in [0, 0.05) is 99.9 Å². The minimum absolute atomic E-state index is 0.0420. The number of nitrogens with two attached hydrogens (primary N) is 2. The molecule has 0 saturated carbocycles. The van der Waals surface area contributed by atoms with Crippen molar-refractivity contribution < 1.29 is 96.1 Å². The monoisotopic (exact) mass is 1580 g/mol. The number of hydrogen-bond donors (Lipinski definition) is 15. The third-order valence-corrected chi connectivity index (χ3v) is 20.7. The van der Waals surface area contributed by atoms with E-state index >= 15 is 4.79 Å². The van der Waals surface area contributed by atoms with E-state index < -0.39 is 212 Å². The number of urea groups is 1. The van der Waals surface area contributed by atoms with Crippen LogP contribution in [0.3, 0.4) is 0 Å². The van der Waals surface area contributed by atoms with Crippen molar-refractivity contribution in [3.63, 3.8) is 0 Å². The van der Waals surface area contributed by atoms with Crippen molar-refractivity contribution in [3.05, 3.63) is 71.8 Å². The van der Waals surface area contributed by atoms with E-state index in [-0.39, 0.29) is 69.9 Å². The maximum Gasteiger partial charge on any atom is 0.409 e. The Morgan fingerprint density at radius 3 is 2.02 bits per heavy atom. The average molecular weight is 1580 g/mol. The summed E-state index contributed by atoms with van der Waals surface area (Å²) in [6, 6.07) is 0.453. The summed E-state index contributed by atoms with van der Waals surface area (Å²) in [4.78, 5) is 239. The molecule has 0 radical (unpaired) electrons. The maximum atomic E-state index is 15.1. The highest BCUT2D eigenvalue weighted by Gasteiger charge is 2.47. The van der Waals surface area contributed by atoms with Crippen LogP contribution in [0.5, 0.6) is 0 Å². The standard InChI is InChI=1S/C73H102N18O20S/c1-9-39(4)60-66(103)78-33-55(95)80-51-37-112-69-46(45-16-12-13-17-47(45)84-69)31-49(62(99)77-34-56(96)86-60)82-68(105)61(40(5)41(6)92)87-65(102)52-30-44(35-91(52)70(106)50(32-53(74)93)83-64(51)101)111-73(109)89(8)29-28-88(7)72(108)110-36-42-20-22-43(23-21-42)79-63(100)48(18-15-26-76-71(75)107)81-67(104)59(38(2)3)85-54(94)19-11-10-14-27-90-57(97)24-25-58(90)98/h12-13,16-17,20-25,38-41,44,48-52,59-61,84,92H,9-11,14-15,18-19,26-37H2,1-8H3,(H2,74,93)(H,77,99)(H,78,103)(H,79,100)(H,80,95)(H,81,104)(H,82,105)(H,83,101)(H,85,94)(H,86,96)(H,87,102)(H3,75,76,107)/t39-,40-,41-,44+,48-,49-,50-,51-,52?,59-,60-,61-/m0/s1. The number of rotatable bonds is 28. The number of benzene rings is 2. The topological polar surface area (TPSA) is 542 Å². The van der Waals surface area contributed by atoms with Crippen molar-refractivity contribution in [2.24, 2.45) is 29.2 Å². The molecule has 39 heteroatoms. The molecule has 12 atom stereocenters. The maximum absolute atomic E-state index is 15.1. The Kier molecular flexibility index (Phi) is 32.6. The lowest BCUT2D eigenvalue weighted by molar-refractivity contribution is -0.144. The number of anilines is 1. The fraction of sp³-hybridized carbons (Fsp3) is 0.548. The van der Waals surface area contributed by atoms with Crippen LogP contribution in [0, 0.1) is 17.8 Å². The third-order valence-electron chi connectivity index (χ3n) is 19.6. The highest BCUT2D eigenvalue weighted by molar-refractivity contribution is 7.99. The van der Waals surface area contributed by atoms with Gasteiger partial charge in [0.25, 0.3) is 11.8 Å². The number of thioether (sulfide) groups is 1. The second-order valence-corrected chi connectivity index (χ2v) is 29.5. The number of unbranched alkanes of at least 4 members (excludes halogenated alkanes) is 2. The SMILES string of the molecule is CC[C@H](C)[C@@H]1NC(=O)CNC(=O)[C@@H]2Cc3c([nH]c4ccccc34)SC[C@H](NC(=O)CNC1=O)C(=O)N[C@@H](CC(N)=O)C(=O)N1C[C@H](OC(=O)N(C)CCN(C)C(=O)OCc3ccc(NC(=O)[C@H](CCCNC(N)=O)NC(=O)[C@@H](NC(=O)CCCCCN4C(=O)C=CC4=O)C(C)C)cc3)CC1C(=O)N[C@@H]([C@@H](C)[C@H](C)O)C(=O)N2. The van der Waals surface area contributed by atoms with E-state index in [1.165, 1.54) is 52.2 Å². The molecule has 1 unspecified atom stereocenters. The highest BCUT2D eigenvalue weighted by atomic mass is 32.2. The molecule has 4 aliphatic heterocycles. The molecule has 7 rings (SSSR count). The summed E-state index contributed by atoms with van der Waals surface area (Å²) in [6.07, 6.45) is -1.67. The Bertz CT molecular complexity index is 4010. The molecule has 17 N–H and O–H groups in total. The number of aromatic amines is 1. The van der Waals surface area contributed by atoms with Gasteiger partial charge in [-0.2, -0.15) is 0 Å². The Labute approximate surface area is 650 Å². The van der Waals surface area contributed by atoms with Crippen molar-refractivity contribution in [2.75, 3.05) is 71.0 Å². The van der Waals surface area contributed by atoms with E-state index in [9.17, 15) is 81.8 Å². The molecule has 2 bridgehead atoms. The highest BCUT2D eigenvalue weighted by Crippen LogP contribution is 2.33. The largest absolute Gasteiger partial charge is 0.445 e. The van der Waals surface area contributed by atoms with Crippen molar-refractivity contribution in [1.29, 1.82) is 0 Å². The zero-order valence-corrected chi connectivity index (χ0v) is 64.6. The van der Waals surface area contributed by atoms with Gasteiger partial charge in [0.15, 0.2) is 0 Å². The van der Waals surface area contributed by atoms with Crippen molar-refractivity contribution in [3.8, 4) is 0 Å². The first-order chi connectivity index (χ1) is 53.1. The molecule has 1 fully saturated rings. The van der Waals surface area contributed by atoms with Gasteiger partial charge in [-0.25, -0.2) is 14.4 Å². The normalized spacial score (nSPS) is 21.5. The number of hydrogen-bond acceptors (Lipinski definition) is 21. The molecule has 112 heavy (non-hydrogen) atoms. The number of aromatic nitrogens is 1. The number of primary amides is 2. The molecule has 4 aliphatic rings. The van der Waals surface area contributed by atoms with Crippen LogP contribution in [0.1, 0.15) is 110 Å². The summed E-state index contributed by atoms with van der Waals surface area (Å²) in [5.41, 5.74) is 12.7. The number of likely N-dealkylation sites (N-methyl/N-ethyl adjacent to an activating group) is 2. The molecule has 38 nitrogen and oxygen atoms in total. The number of aliphatic hydroxyl groups is 1. The van der Waals surface area contributed by atoms with Crippen LogP contribution >= 0.6 is 11.8 Å². The molecule has 1 saturated heterocycles. The molecule has 610 valence electrons. The third kappa shape index (κ3) is 25.3. The summed E-state index contributed by atoms with van der Waals surface area (Å²) in [5, 5.41) is 40.7. The molecule has 0 aliphatic carbocycles. The van der Waals surface area contributed by atoms with Crippen molar-refractivity contribution in [2.45, 2.75) is 178 Å². The van der Waals surface area contributed by atoms with Crippen LogP contribution in [-0.4, -0.2) is 257 Å². The Balaban J connectivity index is 1.02. The van der Waals surface area contributed by atoms with Crippen LogP contribution in [0.15, 0.2) is 65.7 Å². The smallest absolute Gasteiger partial charge is 0.409 e. The Hall–Kier alpha value is -11.4. The van der Waals surface area contributed by atoms with E-state index in [0.29, 0.717) is 52.7 Å². The number of ether oxygens (including phenoxy) is 2. The minimum atomic E-state index is -1.87. The minimum Gasteiger partial charge on any atom is -0.445 e. The van der Waals surface area contributed by atoms with Crippen molar-refractivity contribution in [1.82, 2.24) is 77.8 Å². The quantitative estimate of drug-likeness (QED) is 0.0282. The zero-order valence-electron chi connectivity index (χ0n) is 63.8. The van der Waals surface area contributed by atoms with Gasteiger partial charge in [-0.05, 0) is 73.8 Å². The number of aliphatic hydroxyl groups excluding tert-OH is 1. The number of nitrogens with one attached hydrogen (secondary N) is 12. The van der Waals surface area contributed by atoms with Gasteiger partial charge in [0.05, 0.1) is 37.2 Å².